The highest BCUT2D eigenvalue weighted by molar-refractivity contribution is 5.91. The van der Waals surface area contributed by atoms with Crippen LogP contribution in [0.5, 0.6) is 5.75 Å². The molecule has 0 saturated carbocycles. The van der Waals surface area contributed by atoms with Gasteiger partial charge in [-0.15, -0.1) is 0 Å². The number of pyridine rings is 1. The Kier molecular flexibility index (Phi) is 5.02. The molecule has 2 aliphatic heterocycles. The van der Waals surface area contributed by atoms with Crippen LogP contribution >= 0.6 is 0 Å². The summed E-state index contributed by atoms with van der Waals surface area (Å²) in [5, 5.41) is 3.02. The Morgan fingerprint density at radius 3 is 2.92 bits per heavy atom. The van der Waals surface area contributed by atoms with Crippen LogP contribution in [0.3, 0.4) is 0 Å². The lowest BCUT2D eigenvalue weighted by atomic mass is 10.1. The first kappa shape index (κ1) is 16.8. The van der Waals surface area contributed by atoms with E-state index in [4.69, 9.17) is 4.74 Å². The van der Waals surface area contributed by atoms with Crippen molar-refractivity contribution >= 4 is 11.7 Å². The molecule has 1 N–H and O–H groups in total. The number of fused-ring (bicyclic) bond motifs is 1. The van der Waals surface area contributed by atoms with E-state index < -0.39 is 0 Å². The van der Waals surface area contributed by atoms with Crippen molar-refractivity contribution in [2.24, 2.45) is 0 Å². The fraction of sp³-hybridized carbons (Fsp3) is 0.400. The standard InChI is InChI=1S/C20H24N4O2/c25-20(24-13-12-23-11-5-7-17(23)14-24)22-18-8-1-2-9-19(18)26-15-16-6-3-4-10-21-16/h1-4,6,8-10,17H,5,7,11-15H2,(H,22,25)/t17-/m0/s1. The third-order valence-electron chi connectivity index (χ3n) is 5.10. The van der Waals surface area contributed by atoms with E-state index in [2.05, 4.69) is 15.2 Å². The summed E-state index contributed by atoms with van der Waals surface area (Å²) in [6.07, 6.45) is 4.17. The van der Waals surface area contributed by atoms with Gasteiger partial charge in [-0.1, -0.05) is 18.2 Å². The van der Waals surface area contributed by atoms with Gasteiger partial charge in [-0.25, -0.2) is 4.79 Å². The number of ether oxygens (including phenoxy) is 1. The quantitative estimate of drug-likeness (QED) is 0.919. The van der Waals surface area contributed by atoms with Gasteiger partial charge in [-0.05, 0) is 43.7 Å². The molecule has 1 aromatic heterocycles. The number of hydrogen-bond acceptors (Lipinski definition) is 4. The van der Waals surface area contributed by atoms with Gasteiger partial charge in [0.1, 0.15) is 12.4 Å². The van der Waals surface area contributed by atoms with E-state index in [1.54, 1.807) is 6.20 Å². The summed E-state index contributed by atoms with van der Waals surface area (Å²) < 4.78 is 5.88. The molecule has 3 heterocycles. The van der Waals surface area contributed by atoms with Crippen LogP contribution in [0, 0.1) is 0 Å². The molecule has 1 atom stereocenters. The van der Waals surface area contributed by atoms with Crippen LogP contribution in [0.15, 0.2) is 48.7 Å². The van der Waals surface area contributed by atoms with E-state index >= 15 is 0 Å². The Hall–Kier alpha value is -2.60. The first-order chi connectivity index (χ1) is 12.8. The van der Waals surface area contributed by atoms with Gasteiger partial charge in [-0.3, -0.25) is 9.88 Å². The van der Waals surface area contributed by atoms with Crippen LogP contribution in [0.25, 0.3) is 0 Å². The van der Waals surface area contributed by atoms with E-state index in [9.17, 15) is 4.79 Å². The largest absolute Gasteiger partial charge is 0.485 e. The van der Waals surface area contributed by atoms with Gasteiger partial charge in [0.2, 0.25) is 0 Å². The molecule has 26 heavy (non-hydrogen) atoms. The maximum atomic E-state index is 12.7. The molecular formula is C20H24N4O2. The van der Waals surface area contributed by atoms with Gasteiger partial charge in [0.05, 0.1) is 11.4 Å². The number of benzene rings is 1. The summed E-state index contributed by atoms with van der Waals surface area (Å²) in [5.74, 6) is 0.658. The molecule has 2 fully saturated rings. The normalized spacial score (nSPS) is 19.8. The molecular weight excluding hydrogens is 328 g/mol. The molecule has 136 valence electrons. The molecule has 2 aliphatic rings. The first-order valence-corrected chi connectivity index (χ1v) is 9.21. The second-order valence-electron chi connectivity index (χ2n) is 6.81. The van der Waals surface area contributed by atoms with Crippen LogP contribution in [0.1, 0.15) is 18.5 Å². The SMILES string of the molecule is O=C(Nc1ccccc1OCc1ccccn1)N1CCN2CCC[C@H]2C1. The van der Waals surface area contributed by atoms with Crippen molar-refractivity contribution < 1.29 is 9.53 Å². The Morgan fingerprint density at radius 2 is 2.04 bits per heavy atom. The zero-order valence-electron chi connectivity index (χ0n) is 14.8. The van der Waals surface area contributed by atoms with E-state index in [0.717, 1.165) is 25.3 Å². The first-order valence-electron chi connectivity index (χ1n) is 9.21. The van der Waals surface area contributed by atoms with E-state index in [1.165, 1.54) is 19.4 Å². The number of nitrogens with zero attached hydrogens (tertiary/aromatic N) is 3. The van der Waals surface area contributed by atoms with Crippen LogP contribution in [-0.2, 0) is 6.61 Å². The second-order valence-corrected chi connectivity index (χ2v) is 6.81. The van der Waals surface area contributed by atoms with E-state index in [-0.39, 0.29) is 6.03 Å². The van der Waals surface area contributed by atoms with Crippen molar-refractivity contribution in [3.63, 3.8) is 0 Å². The molecule has 0 aliphatic carbocycles. The lowest BCUT2D eigenvalue weighted by Gasteiger charge is -2.37. The molecule has 0 radical (unpaired) electrons. The smallest absolute Gasteiger partial charge is 0.322 e. The van der Waals surface area contributed by atoms with Crippen LogP contribution in [0.4, 0.5) is 10.5 Å². The summed E-state index contributed by atoms with van der Waals surface area (Å²) in [6.45, 7) is 4.09. The summed E-state index contributed by atoms with van der Waals surface area (Å²) >= 11 is 0. The van der Waals surface area contributed by atoms with Gasteiger partial charge in [0, 0.05) is 31.9 Å². The number of urea groups is 1. The van der Waals surface area contributed by atoms with Gasteiger partial charge < -0.3 is 15.0 Å². The fourth-order valence-corrected chi connectivity index (χ4v) is 3.70. The van der Waals surface area contributed by atoms with Crippen molar-refractivity contribution in [1.29, 1.82) is 0 Å². The molecule has 0 bridgehead atoms. The number of piperazine rings is 1. The van der Waals surface area contributed by atoms with Crippen LogP contribution in [-0.4, -0.2) is 53.0 Å². The van der Waals surface area contributed by atoms with Gasteiger partial charge in [0.15, 0.2) is 0 Å². The van der Waals surface area contributed by atoms with Crippen molar-refractivity contribution in [2.75, 3.05) is 31.5 Å². The second kappa shape index (κ2) is 7.74. The molecule has 4 rings (SSSR count). The maximum Gasteiger partial charge on any atom is 0.322 e. The van der Waals surface area contributed by atoms with Gasteiger partial charge in [0.25, 0.3) is 0 Å². The number of nitrogens with one attached hydrogen (secondary N) is 1. The summed E-state index contributed by atoms with van der Waals surface area (Å²) in [7, 11) is 0. The average Bonchev–Trinajstić information content (AvgIpc) is 3.16. The minimum atomic E-state index is -0.0505. The molecule has 2 saturated heterocycles. The summed E-state index contributed by atoms with van der Waals surface area (Å²) in [6, 6.07) is 13.7. The Balaban J connectivity index is 1.39. The molecule has 1 aromatic carbocycles. The highest BCUT2D eigenvalue weighted by Gasteiger charge is 2.32. The number of aromatic nitrogens is 1. The van der Waals surface area contributed by atoms with Crippen LogP contribution in [0.2, 0.25) is 0 Å². The minimum absolute atomic E-state index is 0.0505. The fourth-order valence-electron chi connectivity index (χ4n) is 3.70. The number of carbonyl (C=O) groups excluding carboxylic acids is 1. The maximum absolute atomic E-state index is 12.7. The number of amides is 2. The highest BCUT2D eigenvalue weighted by atomic mass is 16.5. The predicted molar refractivity (Wildman–Crippen MR) is 100 cm³/mol. The molecule has 6 heteroatoms. The van der Waals surface area contributed by atoms with Crippen molar-refractivity contribution in [3.05, 3.63) is 54.4 Å². The Morgan fingerprint density at radius 1 is 1.15 bits per heavy atom. The van der Waals surface area contributed by atoms with Crippen molar-refractivity contribution in [2.45, 2.75) is 25.5 Å². The molecule has 2 aromatic rings. The number of carbonyl (C=O) groups is 1. The number of para-hydroxylation sites is 2. The lowest BCUT2D eigenvalue weighted by Crippen LogP contribution is -2.53. The number of hydrogen-bond donors (Lipinski definition) is 1. The van der Waals surface area contributed by atoms with E-state index in [0.29, 0.717) is 24.1 Å². The predicted octanol–water partition coefficient (Wildman–Crippen LogP) is 2.97. The molecule has 0 spiro atoms. The third kappa shape index (κ3) is 3.80. The Bertz CT molecular complexity index is 752. The van der Waals surface area contributed by atoms with Gasteiger partial charge in [-0.2, -0.15) is 0 Å². The van der Waals surface area contributed by atoms with Crippen molar-refractivity contribution in [1.82, 2.24) is 14.8 Å². The number of anilines is 1. The number of rotatable bonds is 4. The van der Waals surface area contributed by atoms with Crippen LogP contribution < -0.4 is 10.1 Å². The topological polar surface area (TPSA) is 57.7 Å². The zero-order chi connectivity index (χ0) is 17.8. The van der Waals surface area contributed by atoms with Gasteiger partial charge >= 0.3 is 6.03 Å². The zero-order valence-corrected chi connectivity index (χ0v) is 14.8. The average molecular weight is 352 g/mol. The summed E-state index contributed by atoms with van der Waals surface area (Å²) in [5.41, 5.74) is 1.55. The van der Waals surface area contributed by atoms with Crippen molar-refractivity contribution in [3.8, 4) is 5.75 Å². The Labute approximate surface area is 153 Å². The lowest BCUT2D eigenvalue weighted by molar-refractivity contribution is 0.124. The minimum Gasteiger partial charge on any atom is -0.485 e. The third-order valence-corrected chi connectivity index (χ3v) is 5.10. The molecule has 6 nitrogen and oxygen atoms in total. The molecule has 0 unspecified atom stereocenters. The monoisotopic (exact) mass is 352 g/mol. The highest BCUT2D eigenvalue weighted by Crippen LogP contribution is 2.26. The summed E-state index contributed by atoms with van der Waals surface area (Å²) in [4.78, 5) is 21.4. The molecule has 2 amide bonds. The van der Waals surface area contributed by atoms with E-state index in [1.807, 2.05) is 47.4 Å².